The summed E-state index contributed by atoms with van der Waals surface area (Å²) in [6, 6.07) is 0. The molecule has 105 heavy (non-hydrogen) atoms. The van der Waals surface area contributed by atoms with Gasteiger partial charge in [0.05, 0.1) is 40.3 Å². The number of rotatable bonds is 81. The second-order valence-electron chi connectivity index (χ2n) is 30.5. The summed E-state index contributed by atoms with van der Waals surface area (Å²) in [5.74, 6) is -2.34. The molecule has 0 bridgehead atoms. The highest BCUT2D eigenvalue weighted by molar-refractivity contribution is 5.70. The second-order valence-corrected chi connectivity index (χ2v) is 30.5. The number of unbranched alkanes of at least 4 members (excludes halogenated alkanes) is 42. The standard InChI is InChI=1S/C96H165NO8/c1-6-8-10-12-14-16-18-20-22-24-26-28-30-32-34-36-38-40-42-44-46-47-49-50-52-54-56-58-60-62-64-66-68-70-72-74-76-78-80-82-84-86-93(98)103-90-92(91-104-96(95(100)101)102-89-88-97(3,4)5)105-94(99)87-85-83-81-79-77-75-73-71-69-67-65-63-61-59-57-55-53-51-48-45-43-41-39-37-35-33-31-29-27-25-23-21-19-17-15-13-11-9-7-2/h9,11,15,17,21,23,27,29,33,35,39,41,45,48,53,55,59,61,65,67,71,73,77,79,92,96H,6-8,10,12-14,16,18-20,22,24-26,28,30-32,34,36-38,40,42-44,46-47,49-52,54,56-58,60,62-64,66,68-70,72,74-76,78,80-91H2,1-5H3/b11-9-,17-15-,23-21-,29-27-,35-33-,41-39-,48-45-,55-53-,61-59-,67-65-,73-71-,79-77-. The molecule has 0 aliphatic rings. The number of quaternary nitrogens is 1. The van der Waals surface area contributed by atoms with Crippen molar-refractivity contribution >= 4 is 17.9 Å². The SMILES string of the molecule is CC/C=C\C/C=C\C/C=C\C/C=C\C/C=C\C/C=C\C/C=C\C/C=C\C/C=C\C/C=C\C/C=C\C/C=C\CCCCC(=O)OC(COC(=O)CCCCCCCCCCCCCCCCCCCCCCCCCCCCCCCCCCCCCCCCCCC)COC(OCC[N+](C)(C)C)C(=O)[O-]. The quantitative estimate of drug-likeness (QED) is 0.0195. The Morgan fingerprint density at radius 2 is 0.543 bits per heavy atom. The lowest BCUT2D eigenvalue weighted by molar-refractivity contribution is -0.870. The third kappa shape index (κ3) is 86.3. The van der Waals surface area contributed by atoms with Crippen LogP contribution in [0.25, 0.3) is 0 Å². The van der Waals surface area contributed by atoms with Crippen molar-refractivity contribution in [1.82, 2.24) is 0 Å². The lowest BCUT2D eigenvalue weighted by Crippen LogP contribution is -2.44. The molecule has 0 aromatic rings. The summed E-state index contributed by atoms with van der Waals surface area (Å²) >= 11 is 0. The van der Waals surface area contributed by atoms with Gasteiger partial charge in [0.15, 0.2) is 12.4 Å². The topological polar surface area (TPSA) is 111 Å². The van der Waals surface area contributed by atoms with Gasteiger partial charge in [-0.2, -0.15) is 0 Å². The number of allylic oxidation sites excluding steroid dienone is 24. The molecule has 0 saturated carbocycles. The number of hydrogen-bond donors (Lipinski definition) is 0. The van der Waals surface area contributed by atoms with Crippen LogP contribution in [0.5, 0.6) is 0 Å². The van der Waals surface area contributed by atoms with Crippen molar-refractivity contribution in [1.29, 1.82) is 0 Å². The van der Waals surface area contributed by atoms with Crippen molar-refractivity contribution in [2.45, 2.75) is 399 Å². The van der Waals surface area contributed by atoms with Crippen molar-refractivity contribution in [3.63, 3.8) is 0 Å². The number of carboxylic acids is 1. The second kappa shape index (κ2) is 84.8. The Morgan fingerprint density at radius 1 is 0.295 bits per heavy atom. The predicted octanol–water partition coefficient (Wildman–Crippen LogP) is 27.6. The highest BCUT2D eigenvalue weighted by atomic mass is 16.7. The van der Waals surface area contributed by atoms with E-state index in [1.807, 2.05) is 21.1 Å². The minimum Gasteiger partial charge on any atom is -0.545 e. The third-order valence-electron chi connectivity index (χ3n) is 19.1. The molecule has 0 aliphatic heterocycles. The molecule has 0 spiro atoms. The normalized spacial score (nSPS) is 13.3. The van der Waals surface area contributed by atoms with E-state index in [4.69, 9.17) is 18.9 Å². The maximum Gasteiger partial charge on any atom is 0.306 e. The van der Waals surface area contributed by atoms with Crippen LogP contribution in [-0.4, -0.2) is 82.3 Å². The number of likely N-dealkylation sites (N-methyl/N-ethyl adjacent to an activating group) is 1. The van der Waals surface area contributed by atoms with Crippen LogP contribution in [0.15, 0.2) is 146 Å². The number of carboxylic acid groups (broad SMARTS) is 1. The Morgan fingerprint density at radius 3 is 0.810 bits per heavy atom. The molecule has 0 fully saturated rings. The highest BCUT2D eigenvalue weighted by Gasteiger charge is 2.22. The molecule has 0 N–H and O–H groups in total. The summed E-state index contributed by atoms with van der Waals surface area (Å²) in [6.45, 7) is 4.62. The van der Waals surface area contributed by atoms with E-state index in [-0.39, 0.29) is 38.6 Å². The van der Waals surface area contributed by atoms with E-state index in [2.05, 4.69) is 160 Å². The number of carbonyl (C=O) groups excluding carboxylic acids is 3. The lowest BCUT2D eigenvalue weighted by atomic mass is 10.0. The van der Waals surface area contributed by atoms with Crippen molar-refractivity contribution in [2.24, 2.45) is 0 Å². The number of carbonyl (C=O) groups is 3. The Labute approximate surface area is 649 Å². The summed E-state index contributed by atoms with van der Waals surface area (Å²) in [5, 5.41) is 11.9. The van der Waals surface area contributed by atoms with E-state index in [1.54, 1.807) is 0 Å². The number of aliphatic carboxylic acids is 1. The molecule has 0 saturated heterocycles. The number of hydrogen-bond acceptors (Lipinski definition) is 8. The smallest absolute Gasteiger partial charge is 0.306 e. The van der Waals surface area contributed by atoms with Crippen molar-refractivity contribution < 1.29 is 42.9 Å². The van der Waals surface area contributed by atoms with E-state index in [0.717, 1.165) is 109 Å². The molecule has 0 amide bonds. The summed E-state index contributed by atoms with van der Waals surface area (Å²) in [6.07, 6.45) is 122. The molecule has 0 aromatic heterocycles. The van der Waals surface area contributed by atoms with Crippen molar-refractivity contribution in [3.8, 4) is 0 Å². The molecule has 602 valence electrons. The summed E-state index contributed by atoms with van der Waals surface area (Å²) in [7, 11) is 5.92. The van der Waals surface area contributed by atoms with Gasteiger partial charge in [0.2, 0.25) is 0 Å². The van der Waals surface area contributed by atoms with Crippen LogP contribution >= 0.6 is 0 Å². The Hall–Kier alpha value is -4.83. The van der Waals surface area contributed by atoms with Gasteiger partial charge in [0.25, 0.3) is 0 Å². The first-order chi connectivity index (χ1) is 51.6. The van der Waals surface area contributed by atoms with Gasteiger partial charge < -0.3 is 33.3 Å². The lowest BCUT2D eigenvalue weighted by Gasteiger charge is -2.26. The van der Waals surface area contributed by atoms with Gasteiger partial charge in [-0.15, -0.1) is 0 Å². The Balaban J connectivity index is 4.06. The number of ether oxygens (including phenoxy) is 4. The van der Waals surface area contributed by atoms with Gasteiger partial charge in [0, 0.05) is 12.8 Å². The first kappa shape index (κ1) is 100. The number of esters is 2. The minimum absolute atomic E-state index is 0.133. The predicted molar refractivity (Wildman–Crippen MR) is 453 cm³/mol. The molecule has 9 heteroatoms. The molecule has 0 heterocycles. The summed E-state index contributed by atoms with van der Waals surface area (Å²) in [4.78, 5) is 37.6. The van der Waals surface area contributed by atoms with Gasteiger partial charge in [0.1, 0.15) is 13.2 Å². The van der Waals surface area contributed by atoms with Gasteiger partial charge in [-0.05, 0) is 103 Å². The van der Waals surface area contributed by atoms with Crippen LogP contribution in [0.4, 0.5) is 0 Å². The van der Waals surface area contributed by atoms with Gasteiger partial charge >= 0.3 is 11.9 Å². The average Bonchev–Trinajstić information content (AvgIpc) is 1.97. The fourth-order valence-electron chi connectivity index (χ4n) is 12.5. The van der Waals surface area contributed by atoms with Gasteiger partial charge in [-0.3, -0.25) is 9.59 Å². The van der Waals surface area contributed by atoms with Crippen LogP contribution < -0.4 is 5.11 Å². The van der Waals surface area contributed by atoms with Crippen molar-refractivity contribution in [3.05, 3.63) is 146 Å². The van der Waals surface area contributed by atoms with Crippen LogP contribution in [0.3, 0.4) is 0 Å². The molecule has 0 rings (SSSR count). The zero-order valence-corrected chi connectivity index (χ0v) is 69.1. The molecular weight excluding hydrogens is 1300 g/mol. The molecule has 2 unspecified atom stereocenters. The highest BCUT2D eigenvalue weighted by Crippen LogP contribution is 2.20. The van der Waals surface area contributed by atoms with E-state index in [0.29, 0.717) is 17.4 Å². The monoisotopic (exact) mass is 1460 g/mol. The van der Waals surface area contributed by atoms with Gasteiger partial charge in [-0.25, -0.2) is 0 Å². The molecule has 0 aliphatic carbocycles. The largest absolute Gasteiger partial charge is 0.545 e. The zero-order valence-electron chi connectivity index (χ0n) is 69.1. The Kier molecular flexibility index (Phi) is 80.9. The number of nitrogens with zero attached hydrogens (tertiary/aromatic N) is 1. The minimum atomic E-state index is -1.64. The van der Waals surface area contributed by atoms with Crippen LogP contribution in [0, 0.1) is 0 Å². The van der Waals surface area contributed by atoms with Crippen molar-refractivity contribution in [2.75, 3.05) is 47.5 Å². The van der Waals surface area contributed by atoms with E-state index in [9.17, 15) is 19.5 Å². The van der Waals surface area contributed by atoms with E-state index >= 15 is 0 Å². The molecular formula is C96H165NO8. The first-order valence-electron chi connectivity index (χ1n) is 44.0. The van der Waals surface area contributed by atoms with Gasteiger partial charge in [-0.1, -0.05) is 417 Å². The zero-order chi connectivity index (χ0) is 76.0. The average molecular weight is 1460 g/mol. The maximum absolute atomic E-state index is 13.0. The Bertz CT molecular complexity index is 2250. The third-order valence-corrected chi connectivity index (χ3v) is 19.1. The summed E-state index contributed by atoms with van der Waals surface area (Å²) in [5.41, 5.74) is 0. The van der Waals surface area contributed by atoms with Crippen LogP contribution in [0.1, 0.15) is 386 Å². The molecule has 9 nitrogen and oxygen atoms in total. The first-order valence-corrected chi connectivity index (χ1v) is 44.0. The molecule has 0 aromatic carbocycles. The van der Waals surface area contributed by atoms with E-state index in [1.165, 1.54) is 244 Å². The fraction of sp³-hybridized carbons (Fsp3) is 0.719. The summed E-state index contributed by atoms with van der Waals surface area (Å²) < 4.78 is 22.8. The molecule has 0 radical (unpaired) electrons. The molecule has 2 atom stereocenters. The van der Waals surface area contributed by atoms with Crippen LogP contribution in [-0.2, 0) is 33.3 Å². The van der Waals surface area contributed by atoms with E-state index < -0.39 is 24.3 Å². The van der Waals surface area contributed by atoms with Crippen LogP contribution in [0.2, 0.25) is 0 Å². The maximum atomic E-state index is 13.0. The fourth-order valence-corrected chi connectivity index (χ4v) is 12.5.